The molecule has 6 nitrogen and oxygen atoms in total. The number of benzene rings is 2. The first-order valence-corrected chi connectivity index (χ1v) is 11.3. The van der Waals surface area contributed by atoms with Gasteiger partial charge in [0.15, 0.2) is 5.78 Å². The normalized spacial score (nSPS) is 11.5. The molecule has 0 aliphatic heterocycles. The molecule has 11 heteroatoms. The van der Waals surface area contributed by atoms with E-state index < -0.39 is 17.6 Å². The molecule has 0 saturated heterocycles. The number of methoxy groups -OCH3 is 1. The summed E-state index contributed by atoms with van der Waals surface area (Å²) in [5.74, 6) is -0.214. The number of rotatable bonds is 7. The van der Waals surface area contributed by atoms with Crippen molar-refractivity contribution in [2.45, 2.75) is 19.0 Å². The summed E-state index contributed by atoms with van der Waals surface area (Å²) < 4.78 is 44.8. The number of aromatic nitrogens is 2. The number of carbonyl (C=O) groups excluding carboxylic acids is 2. The number of ether oxygens (including phenoxy) is 1. The van der Waals surface area contributed by atoms with Crippen molar-refractivity contribution in [2.24, 2.45) is 0 Å². The Hall–Kier alpha value is -3.31. The maximum absolute atomic E-state index is 12.9. The Balaban J connectivity index is 1.52. The minimum Gasteiger partial charge on any atom is -0.494 e. The Morgan fingerprint density at radius 1 is 1.15 bits per heavy atom. The van der Waals surface area contributed by atoms with E-state index in [2.05, 4.69) is 15.3 Å². The van der Waals surface area contributed by atoms with E-state index in [1.54, 1.807) is 23.0 Å². The van der Waals surface area contributed by atoms with Crippen LogP contribution in [0.2, 0.25) is 0 Å². The fraction of sp³-hybridized carbons (Fsp3) is 0.182. The average Bonchev–Trinajstić information content (AvgIpc) is 3.42. The van der Waals surface area contributed by atoms with Gasteiger partial charge in [0.05, 0.1) is 35.7 Å². The van der Waals surface area contributed by atoms with Crippen LogP contribution in [0.5, 0.6) is 5.75 Å². The third kappa shape index (κ3) is 5.37. The molecule has 1 N–H and O–H groups in total. The number of halogens is 3. The molecule has 0 radical (unpaired) electrons. The molecule has 0 aliphatic rings. The smallest absolute Gasteiger partial charge is 0.416 e. The van der Waals surface area contributed by atoms with E-state index in [0.29, 0.717) is 32.4 Å². The SMILES string of the molecule is COc1cc(NC(=O)Cc2cccc(C(F)(F)F)c2)cc2sc(CC(=O)c3cscn3)nc12. The van der Waals surface area contributed by atoms with Gasteiger partial charge >= 0.3 is 6.18 Å². The quantitative estimate of drug-likeness (QED) is 0.351. The largest absolute Gasteiger partial charge is 0.494 e. The summed E-state index contributed by atoms with van der Waals surface area (Å²) >= 11 is 2.62. The molecule has 0 saturated carbocycles. The summed E-state index contributed by atoms with van der Waals surface area (Å²) in [4.78, 5) is 33.3. The van der Waals surface area contributed by atoms with Crippen molar-refractivity contribution in [3.63, 3.8) is 0 Å². The summed E-state index contributed by atoms with van der Waals surface area (Å²) in [6, 6.07) is 7.92. The zero-order chi connectivity index (χ0) is 23.6. The second kappa shape index (κ2) is 9.28. The van der Waals surface area contributed by atoms with Crippen LogP contribution in [0.3, 0.4) is 0 Å². The predicted octanol–water partition coefficient (Wildman–Crippen LogP) is 5.39. The minimum absolute atomic E-state index is 0.0868. The highest BCUT2D eigenvalue weighted by Gasteiger charge is 2.30. The van der Waals surface area contributed by atoms with E-state index >= 15 is 0 Å². The molecule has 170 valence electrons. The highest BCUT2D eigenvalue weighted by Crippen LogP contribution is 2.34. The number of hydrogen-bond donors (Lipinski definition) is 1. The third-order valence-corrected chi connectivity index (χ3v) is 6.25. The van der Waals surface area contributed by atoms with Crippen LogP contribution >= 0.6 is 22.7 Å². The van der Waals surface area contributed by atoms with Crippen LogP contribution in [0.4, 0.5) is 18.9 Å². The maximum atomic E-state index is 12.9. The molecule has 0 fully saturated rings. The highest BCUT2D eigenvalue weighted by atomic mass is 32.1. The number of nitrogens with zero attached hydrogens (tertiary/aromatic N) is 2. The molecule has 0 atom stereocenters. The van der Waals surface area contributed by atoms with Gasteiger partial charge in [-0.25, -0.2) is 9.97 Å². The Labute approximate surface area is 194 Å². The van der Waals surface area contributed by atoms with Crippen LogP contribution in [-0.4, -0.2) is 28.8 Å². The summed E-state index contributed by atoms with van der Waals surface area (Å²) in [6.07, 6.45) is -4.61. The van der Waals surface area contributed by atoms with E-state index in [4.69, 9.17) is 4.74 Å². The van der Waals surface area contributed by atoms with Gasteiger partial charge < -0.3 is 10.1 Å². The van der Waals surface area contributed by atoms with E-state index in [9.17, 15) is 22.8 Å². The molecular weight excluding hydrogens is 475 g/mol. The Morgan fingerprint density at radius 2 is 1.97 bits per heavy atom. The number of thiazole rings is 2. The first kappa shape index (κ1) is 22.9. The third-order valence-electron chi connectivity index (χ3n) is 4.66. The first-order valence-electron chi connectivity index (χ1n) is 9.58. The van der Waals surface area contributed by atoms with E-state index in [1.807, 2.05) is 0 Å². The lowest BCUT2D eigenvalue weighted by Gasteiger charge is -2.10. The first-order chi connectivity index (χ1) is 15.7. The summed E-state index contributed by atoms with van der Waals surface area (Å²) in [5.41, 5.74) is 2.38. The number of alkyl halides is 3. The molecule has 2 aromatic heterocycles. The molecule has 4 aromatic rings. The summed E-state index contributed by atoms with van der Waals surface area (Å²) in [6.45, 7) is 0. The van der Waals surface area contributed by atoms with Gasteiger partial charge in [0, 0.05) is 17.1 Å². The number of amides is 1. The van der Waals surface area contributed by atoms with Crippen LogP contribution in [0.25, 0.3) is 10.2 Å². The number of ketones is 1. The lowest BCUT2D eigenvalue weighted by Crippen LogP contribution is -2.15. The Kier molecular flexibility index (Phi) is 6.43. The van der Waals surface area contributed by atoms with Crippen molar-refractivity contribution in [1.29, 1.82) is 0 Å². The zero-order valence-electron chi connectivity index (χ0n) is 17.1. The minimum atomic E-state index is -4.48. The number of Topliss-reactive ketones (excluding diaryl/α,β-unsaturated/α-hetero) is 1. The molecule has 0 bridgehead atoms. The lowest BCUT2D eigenvalue weighted by atomic mass is 10.1. The van der Waals surface area contributed by atoms with E-state index in [0.717, 1.165) is 12.1 Å². The second-order valence-electron chi connectivity index (χ2n) is 7.03. The molecule has 0 aliphatic carbocycles. The lowest BCUT2D eigenvalue weighted by molar-refractivity contribution is -0.137. The van der Waals surface area contributed by atoms with Crippen LogP contribution in [0, 0.1) is 0 Å². The van der Waals surface area contributed by atoms with Crippen molar-refractivity contribution in [2.75, 3.05) is 12.4 Å². The summed E-state index contributed by atoms with van der Waals surface area (Å²) in [7, 11) is 1.46. The van der Waals surface area contributed by atoms with E-state index in [1.165, 1.54) is 41.9 Å². The Morgan fingerprint density at radius 3 is 2.67 bits per heavy atom. The van der Waals surface area contributed by atoms with Gasteiger partial charge in [0.25, 0.3) is 0 Å². The van der Waals surface area contributed by atoms with E-state index in [-0.39, 0.29) is 24.2 Å². The molecule has 2 aromatic carbocycles. The number of nitrogens with one attached hydrogen (secondary N) is 1. The molecular formula is C22H16F3N3O3S2. The molecule has 0 spiro atoms. The molecule has 0 unspecified atom stereocenters. The van der Waals surface area contributed by atoms with Gasteiger partial charge in [-0.3, -0.25) is 9.59 Å². The van der Waals surface area contributed by atoms with Crippen LogP contribution in [0.15, 0.2) is 47.3 Å². The van der Waals surface area contributed by atoms with Gasteiger partial charge in [-0.15, -0.1) is 22.7 Å². The van der Waals surface area contributed by atoms with Gasteiger partial charge in [-0.2, -0.15) is 13.2 Å². The van der Waals surface area contributed by atoms with Crippen LogP contribution < -0.4 is 10.1 Å². The number of fused-ring (bicyclic) bond motifs is 1. The average molecular weight is 492 g/mol. The monoisotopic (exact) mass is 491 g/mol. The molecule has 4 rings (SSSR count). The van der Waals surface area contributed by atoms with Gasteiger partial charge in [0.1, 0.15) is 22.0 Å². The Bertz CT molecular complexity index is 1320. The van der Waals surface area contributed by atoms with Crippen molar-refractivity contribution in [1.82, 2.24) is 9.97 Å². The van der Waals surface area contributed by atoms with Gasteiger partial charge in [0.2, 0.25) is 5.91 Å². The predicted molar refractivity (Wildman–Crippen MR) is 120 cm³/mol. The number of hydrogen-bond acceptors (Lipinski definition) is 7. The van der Waals surface area contributed by atoms with Gasteiger partial charge in [-0.1, -0.05) is 18.2 Å². The fourth-order valence-electron chi connectivity index (χ4n) is 3.17. The molecule has 2 heterocycles. The van der Waals surface area contributed by atoms with Crippen molar-refractivity contribution in [3.8, 4) is 5.75 Å². The zero-order valence-corrected chi connectivity index (χ0v) is 18.7. The highest BCUT2D eigenvalue weighted by molar-refractivity contribution is 7.18. The topological polar surface area (TPSA) is 81.2 Å². The van der Waals surface area contributed by atoms with Crippen molar-refractivity contribution >= 4 is 50.3 Å². The number of carbonyl (C=O) groups is 2. The maximum Gasteiger partial charge on any atom is 0.416 e. The second-order valence-corrected chi connectivity index (χ2v) is 8.86. The summed E-state index contributed by atoms with van der Waals surface area (Å²) in [5, 5.41) is 4.94. The fourth-order valence-corrected chi connectivity index (χ4v) is 4.75. The van der Waals surface area contributed by atoms with Crippen molar-refractivity contribution in [3.05, 3.63) is 69.1 Å². The van der Waals surface area contributed by atoms with Crippen LogP contribution in [0.1, 0.15) is 26.6 Å². The number of anilines is 1. The van der Waals surface area contributed by atoms with Gasteiger partial charge in [-0.05, 0) is 17.7 Å². The van der Waals surface area contributed by atoms with Crippen LogP contribution in [-0.2, 0) is 23.8 Å². The molecule has 1 amide bonds. The molecule has 33 heavy (non-hydrogen) atoms. The standard InChI is InChI=1S/C22H16F3N3O3S2/c1-31-17-7-14(27-19(30)6-12-3-2-4-13(5-12)22(23,24)25)8-18-21(17)28-20(33-18)9-16(29)15-10-32-11-26-15/h2-5,7-8,10-11H,6,9H2,1H3,(H,27,30). The van der Waals surface area contributed by atoms with Crippen molar-refractivity contribution < 1.29 is 27.5 Å².